The number of aromatic nitrogens is 2. The fourth-order valence-electron chi connectivity index (χ4n) is 2.24. The van der Waals surface area contributed by atoms with Crippen molar-refractivity contribution in [3.63, 3.8) is 0 Å². The second kappa shape index (κ2) is 4.44. The van der Waals surface area contributed by atoms with Gasteiger partial charge in [-0.1, -0.05) is 0 Å². The van der Waals surface area contributed by atoms with Crippen LogP contribution in [0.2, 0.25) is 0 Å². The van der Waals surface area contributed by atoms with Crippen LogP contribution in [-0.2, 0) is 4.79 Å². The van der Waals surface area contributed by atoms with Crippen molar-refractivity contribution in [2.75, 3.05) is 11.9 Å². The van der Waals surface area contributed by atoms with E-state index in [0.29, 0.717) is 24.8 Å². The normalized spacial score (nSPS) is 22.9. The van der Waals surface area contributed by atoms with E-state index in [1.165, 1.54) is 0 Å². The Morgan fingerprint density at radius 2 is 2.22 bits per heavy atom. The maximum Gasteiger partial charge on any atom is 0.293 e. The van der Waals surface area contributed by atoms with Crippen molar-refractivity contribution in [3.8, 4) is 0 Å². The first-order chi connectivity index (χ1) is 8.74. The molecular weight excluding hydrogens is 232 g/mol. The number of hydrogen-bond donors (Lipinski definition) is 2. The predicted molar refractivity (Wildman–Crippen MR) is 66.4 cm³/mol. The van der Waals surface area contributed by atoms with Crippen LogP contribution in [0.5, 0.6) is 0 Å². The molecule has 6 nitrogen and oxygen atoms in total. The molecule has 2 aliphatic rings. The predicted octanol–water partition coefficient (Wildman–Crippen LogP) is 0.269. The molecule has 0 radical (unpaired) electrons. The Morgan fingerprint density at radius 3 is 2.89 bits per heavy atom. The van der Waals surface area contributed by atoms with Gasteiger partial charge in [0.2, 0.25) is 5.91 Å². The lowest BCUT2D eigenvalue weighted by Gasteiger charge is -2.12. The number of anilines is 1. The zero-order chi connectivity index (χ0) is 12.5. The Balaban J connectivity index is 1.67. The van der Waals surface area contributed by atoms with Crippen molar-refractivity contribution in [1.82, 2.24) is 14.9 Å². The van der Waals surface area contributed by atoms with Crippen LogP contribution in [0.4, 0.5) is 5.82 Å². The van der Waals surface area contributed by atoms with Crippen LogP contribution in [0.3, 0.4) is 0 Å². The number of nitrogens with zero attached hydrogens (tertiary/aromatic N) is 2. The maximum atomic E-state index is 12.1. The van der Waals surface area contributed by atoms with Crippen LogP contribution in [-0.4, -0.2) is 28.0 Å². The van der Waals surface area contributed by atoms with E-state index in [-0.39, 0.29) is 17.5 Å². The third kappa shape index (κ3) is 2.23. The average Bonchev–Trinajstić information content (AvgIpc) is 3.11. The average molecular weight is 248 g/mol. The summed E-state index contributed by atoms with van der Waals surface area (Å²) in [6.45, 7) is 0.558. The van der Waals surface area contributed by atoms with Crippen molar-refractivity contribution in [2.45, 2.75) is 37.8 Å². The van der Waals surface area contributed by atoms with Gasteiger partial charge >= 0.3 is 0 Å². The zero-order valence-corrected chi connectivity index (χ0v) is 10.1. The molecule has 0 bridgehead atoms. The molecule has 2 N–H and O–H groups in total. The Kier molecular flexibility index (Phi) is 2.77. The van der Waals surface area contributed by atoms with Gasteiger partial charge in [0, 0.05) is 37.4 Å². The van der Waals surface area contributed by atoms with Gasteiger partial charge in [0.15, 0.2) is 5.82 Å². The number of carbonyl (C=O) groups is 1. The zero-order valence-electron chi connectivity index (χ0n) is 10.1. The van der Waals surface area contributed by atoms with Gasteiger partial charge in [0.05, 0.1) is 0 Å². The second-order valence-electron chi connectivity index (χ2n) is 4.90. The molecule has 1 unspecified atom stereocenters. The van der Waals surface area contributed by atoms with E-state index in [0.717, 1.165) is 19.3 Å². The summed E-state index contributed by atoms with van der Waals surface area (Å²) in [5.74, 6) is 0.462. The molecule has 0 aromatic carbocycles. The van der Waals surface area contributed by atoms with Gasteiger partial charge in [-0.2, -0.15) is 0 Å². The van der Waals surface area contributed by atoms with Gasteiger partial charge in [0.1, 0.15) is 0 Å². The van der Waals surface area contributed by atoms with E-state index in [1.54, 1.807) is 17.0 Å². The van der Waals surface area contributed by atoms with E-state index in [4.69, 9.17) is 0 Å². The molecule has 96 valence electrons. The molecule has 1 aromatic rings. The molecule has 1 atom stereocenters. The number of rotatable bonds is 4. The quantitative estimate of drug-likeness (QED) is 0.802. The molecule has 2 fully saturated rings. The fraction of sp³-hybridized carbons (Fsp3) is 0.583. The third-order valence-electron chi connectivity index (χ3n) is 3.41. The van der Waals surface area contributed by atoms with Gasteiger partial charge in [-0.05, 0) is 19.3 Å². The molecule has 1 amide bonds. The van der Waals surface area contributed by atoms with Crippen molar-refractivity contribution in [2.24, 2.45) is 0 Å². The summed E-state index contributed by atoms with van der Waals surface area (Å²) in [7, 11) is 0. The number of amides is 1. The minimum atomic E-state index is -0.0654. The Hall–Kier alpha value is -1.85. The fourth-order valence-corrected chi connectivity index (χ4v) is 2.24. The first-order valence-corrected chi connectivity index (χ1v) is 6.34. The minimum Gasteiger partial charge on any atom is -0.363 e. The van der Waals surface area contributed by atoms with Crippen LogP contribution in [0, 0.1) is 0 Å². The Labute approximate surface area is 104 Å². The highest BCUT2D eigenvalue weighted by Crippen LogP contribution is 2.33. The van der Waals surface area contributed by atoms with Gasteiger partial charge in [-0.15, -0.1) is 0 Å². The molecule has 1 saturated heterocycles. The number of hydrogen-bond acceptors (Lipinski definition) is 4. The lowest BCUT2D eigenvalue weighted by Crippen LogP contribution is -2.34. The van der Waals surface area contributed by atoms with Gasteiger partial charge in [-0.3, -0.25) is 9.59 Å². The van der Waals surface area contributed by atoms with Crippen molar-refractivity contribution in [3.05, 3.63) is 22.7 Å². The smallest absolute Gasteiger partial charge is 0.293 e. The van der Waals surface area contributed by atoms with Crippen LogP contribution >= 0.6 is 0 Å². The molecule has 1 aromatic heterocycles. The third-order valence-corrected chi connectivity index (χ3v) is 3.41. The van der Waals surface area contributed by atoms with Crippen LogP contribution in [0.25, 0.3) is 0 Å². The number of carbonyl (C=O) groups excluding carboxylic acids is 1. The summed E-state index contributed by atoms with van der Waals surface area (Å²) in [5, 5.41) is 5.89. The molecule has 3 rings (SSSR count). The summed E-state index contributed by atoms with van der Waals surface area (Å²) >= 11 is 0. The van der Waals surface area contributed by atoms with Crippen LogP contribution < -0.4 is 16.2 Å². The molecule has 0 spiro atoms. The highest BCUT2D eigenvalue weighted by Gasteiger charge is 2.25. The van der Waals surface area contributed by atoms with Gasteiger partial charge in [-0.25, -0.2) is 4.98 Å². The van der Waals surface area contributed by atoms with Gasteiger partial charge < -0.3 is 15.2 Å². The second-order valence-corrected chi connectivity index (χ2v) is 4.90. The first kappa shape index (κ1) is 11.3. The van der Waals surface area contributed by atoms with E-state index in [9.17, 15) is 9.59 Å². The monoisotopic (exact) mass is 248 g/mol. The van der Waals surface area contributed by atoms with Crippen molar-refractivity contribution >= 4 is 11.7 Å². The number of nitrogens with one attached hydrogen (secondary N) is 2. The summed E-state index contributed by atoms with van der Waals surface area (Å²) < 4.78 is 1.74. The van der Waals surface area contributed by atoms with E-state index in [2.05, 4.69) is 15.6 Å². The summed E-state index contributed by atoms with van der Waals surface area (Å²) in [6.07, 6.45) is 6.91. The van der Waals surface area contributed by atoms with Gasteiger partial charge in [0.25, 0.3) is 5.56 Å². The lowest BCUT2D eigenvalue weighted by atomic mass is 10.2. The molecule has 6 heteroatoms. The minimum absolute atomic E-state index is 0.0654. The standard InChI is InChI=1S/C12H16N4O2/c17-10-4-1-8(15-10)7-14-11-12(18)16(6-5-13-11)9-2-3-9/h5-6,8-9H,1-4,7H2,(H,13,14)(H,15,17). The van der Waals surface area contributed by atoms with E-state index >= 15 is 0 Å². The molecule has 1 aliphatic heterocycles. The lowest BCUT2D eigenvalue weighted by molar-refractivity contribution is -0.119. The highest BCUT2D eigenvalue weighted by atomic mass is 16.2. The Bertz CT molecular complexity index is 521. The summed E-state index contributed by atoms with van der Waals surface area (Å²) in [6, 6.07) is 0.459. The highest BCUT2D eigenvalue weighted by molar-refractivity contribution is 5.78. The van der Waals surface area contributed by atoms with E-state index in [1.807, 2.05) is 0 Å². The molecule has 18 heavy (non-hydrogen) atoms. The molecule has 1 aliphatic carbocycles. The van der Waals surface area contributed by atoms with Crippen molar-refractivity contribution in [1.29, 1.82) is 0 Å². The van der Waals surface area contributed by atoms with Crippen LogP contribution in [0.15, 0.2) is 17.2 Å². The van der Waals surface area contributed by atoms with Crippen molar-refractivity contribution < 1.29 is 4.79 Å². The molecule has 2 heterocycles. The first-order valence-electron chi connectivity index (χ1n) is 6.34. The molecular formula is C12H16N4O2. The maximum absolute atomic E-state index is 12.1. The summed E-state index contributed by atoms with van der Waals surface area (Å²) in [4.78, 5) is 27.2. The summed E-state index contributed by atoms with van der Waals surface area (Å²) in [5.41, 5.74) is -0.0654. The SMILES string of the molecule is O=C1CCC(CNc2nccn(C3CC3)c2=O)N1. The van der Waals surface area contributed by atoms with Crippen LogP contribution in [0.1, 0.15) is 31.7 Å². The topological polar surface area (TPSA) is 76.0 Å². The largest absolute Gasteiger partial charge is 0.363 e. The van der Waals surface area contributed by atoms with E-state index < -0.39 is 0 Å². The molecule has 1 saturated carbocycles. The Morgan fingerprint density at radius 1 is 1.39 bits per heavy atom.